The number of rotatable bonds is 4. The van der Waals surface area contributed by atoms with E-state index in [9.17, 15) is 0 Å². The zero-order valence-electron chi connectivity index (χ0n) is 25.7. The monoisotopic (exact) mass is 614 g/mol. The number of aromatic nitrogens is 6. The van der Waals surface area contributed by atoms with Gasteiger partial charge in [-0.1, -0.05) is 115 Å². The lowest BCUT2D eigenvalue weighted by Gasteiger charge is -2.12. The van der Waals surface area contributed by atoms with Gasteiger partial charge in [-0.3, -0.25) is 4.57 Å². The Morgan fingerprint density at radius 3 is 1.67 bits per heavy atom. The van der Waals surface area contributed by atoms with E-state index >= 15 is 0 Å². The molecule has 0 atom stereocenters. The van der Waals surface area contributed by atoms with Crippen LogP contribution in [0.3, 0.4) is 0 Å². The molecule has 0 unspecified atom stereocenters. The average molecular weight is 615 g/mol. The first kappa shape index (κ1) is 26.5. The molecule has 6 aromatic carbocycles. The first-order valence-corrected chi connectivity index (χ1v) is 16.0. The number of hydrogen-bond acceptors (Lipinski definition) is 4. The second-order valence-corrected chi connectivity index (χ2v) is 12.0. The molecule has 0 radical (unpaired) electrons. The molecule has 224 valence electrons. The largest absolute Gasteiger partial charge is 0.309 e. The Bertz CT molecular complexity index is 2820. The summed E-state index contributed by atoms with van der Waals surface area (Å²) in [6.45, 7) is 0. The predicted molar refractivity (Wildman–Crippen MR) is 195 cm³/mol. The lowest BCUT2D eigenvalue weighted by Crippen LogP contribution is -2.05. The van der Waals surface area contributed by atoms with Crippen molar-refractivity contribution < 1.29 is 0 Å². The summed E-state index contributed by atoms with van der Waals surface area (Å²) in [4.78, 5) is 20.4. The summed E-state index contributed by atoms with van der Waals surface area (Å²) in [6.07, 6.45) is 1.81. The van der Waals surface area contributed by atoms with Gasteiger partial charge in [0.25, 0.3) is 0 Å². The van der Waals surface area contributed by atoms with E-state index in [2.05, 4.69) is 112 Å². The fraction of sp³-hybridized carbons (Fsp3) is 0. The minimum absolute atomic E-state index is 0.547. The SMILES string of the molecule is c1ccc(-c2cnc3c(-c4ccccc4)nc(-n4c5ccccc5c5cc6c7ccccc7n(-c7ccccc7)c6cc54)nc3n2)cc1. The summed E-state index contributed by atoms with van der Waals surface area (Å²) in [5, 5.41) is 4.70. The first-order valence-electron chi connectivity index (χ1n) is 16.0. The van der Waals surface area contributed by atoms with Crippen molar-refractivity contribution in [3.63, 3.8) is 0 Å². The molecule has 4 aromatic heterocycles. The van der Waals surface area contributed by atoms with Gasteiger partial charge >= 0.3 is 0 Å². The van der Waals surface area contributed by atoms with Crippen LogP contribution in [0.2, 0.25) is 0 Å². The molecule has 4 heterocycles. The highest BCUT2D eigenvalue weighted by Gasteiger charge is 2.21. The Morgan fingerprint density at radius 2 is 0.979 bits per heavy atom. The first-order chi connectivity index (χ1) is 23.8. The predicted octanol–water partition coefficient (Wildman–Crippen LogP) is 9.95. The highest BCUT2D eigenvalue weighted by Crippen LogP contribution is 2.39. The standard InChI is InChI=1S/C42H26N6/c1-4-14-27(15-5-1)34-26-43-40-39(28-16-6-2-7-17-28)45-42(46-41(40)44-34)48-36-23-13-11-21-31(36)33-24-32-30-20-10-12-22-35(30)47(37(32)25-38(33)48)29-18-8-3-9-19-29/h1-26H. The molecule has 0 spiro atoms. The van der Waals surface area contributed by atoms with Gasteiger partial charge in [-0.2, -0.15) is 4.98 Å². The number of para-hydroxylation sites is 3. The zero-order valence-corrected chi connectivity index (χ0v) is 25.7. The van der Waals surface area contributed by atoms with Gasteiger partial charge in [0.15, 0.2) is 5.65 Å². The van der Waals surface area contributed by atoms with Gasteiger partial charge in [0, 0.05) is 38.4 Å². The molecular formula is C42H26N6. The number of hydrogen-bond donors (Lipinski definition) is 0. The minimum atomic E-state index is 0.547. The molecule has 48 heavy (non-hydrogen) atoms. The molecule has 0 fully saturated rings. The molecule has 6 heteroatoms. The Balaban J connectivity index is 1.33. The van der Waals surface area contributed by atoms with Crippen molar-refractivity contribution >= 4 is 54.8 Å². The van der Waals surface area contributed by atoms with Crippen molar-refractivity contribution in [3.05, 3.63) is 158 Å². The molecule has 0 aliphatic carbocycles. The fourth-order valence-corrected chi connectivity index (χ4v) is 7.04. The third-order valence-corrected chi connectivity index (χ3v) is 9.19. The molecule has 10 rings (SSSR count). The van der Waals surface area contributed by atoms with Crippen molar-refractivity contribution in [1.29, 1.82) is 0 Å². The maximum Gasteiger partial charge on any atom is 0.237 e. The molecular weight excluding hydrogens is 589 g/mol. The van der Waals surface area contributed by atoms with E-state index in [1.54, 1.807) is 0 Å². The van der Waals surface area contributed by atoms with E-state index in [1.165, 1.54) is 16.3 Å². The van der Waals surface area contributed by atoms with Crippen LogP contribution in [0.25, 0.3) is 88.9 Å². The highest BCUT2D eigenvalue weighted by atomic mass is 15.2. The second-order valence-electron chi connectivity index (χ2n) is 12.0. The van der Waals surface area contributed by atoms with E-state index < -0.39 is 0 Å². The maximum absolute atomic E-state index is 5.26. The highest BCUT2D eigenvalue weighted by molar-refractivity contribution is 6.19. The van der Waals surface area contributed by atoms with Crippen LogP contribution < -0.4 is 0 Å². The van der Waals surface area contributed by atoms with Gasteiger partial charge in [-0.05, 0) is 36.4 Å². The molecule has 0 N–H and O–H groups in total. The number of fused-ring (bicyclic) bond motifs is 7. The van der Waals surface area contributed by atoms with Gasteiger partial charge in [0.2, 0.25) is 5.95 Å². The molecule has 0 saturated heterocycles. The van der Waals surface area contributed by atoms with Gasteiger partial charge in [0.05, 0.1) is 34.0 Å². The zero-order chi connectivity index (χ0) is 31.6. The van der Waals surface area contributed by atoms with Crippen LogP contribution >= 0.6 is 0 Å². The van der Waals surface area contributed by atoms with Crippen molar-refractivity contribution in [2.75, 3.05) is 0 Å². The van der Waals surface area contributed by atoms with E-state index in [-0.39, 0.29) is 0 Å². The van der Waals surface area contributed by atoms with Crippen LogP contribution in [-0.2, 0) is 0 Å². The van der Waals surface area contributed by atoms with E-state index in [1.807, 2.05) is 54.7 Å². The van der Waals surface area contributed by atoms with Gasteiger partial charge in [-0.15, -0.1) is 0 Å². The molecule has 0 bridgehead atoms. The van der Waals surface area contributed by atoms with Crippen LogP contribution in [0.5, 0.6) is 0 Å². The number of nitrogens with zero attached hydrogens (tertiary/aromatic N) is 6. The summed E-state index contributed by atoms with van der Waals surface area (Å²) >= 11 is 0. The Kier molecular flexibility index (Phi) is 5.77. The number of benzene rings is 6. The fourth-order valence-electron chi connectivity index (χ4n) is 7.04. The van der Waals surface area contributed by atoms with E-state index in [0.29, 0.717) is 17.1 Å². The third kappa shape index (κ3) is 3.99. The quantitative estimate of drug-likeness (QED) is 0.198. The van der Waals surface area contributed by atoms with Crippen molar-refractivity contribution in [3.8, 4) is 34.2 Å². The molecule has 0 aliphatic rings. The second kappa shape index (κ2) is 10.4. The topological polar surface area (TPSA) is 61.4 Å². The van der Waals surface area contributed by atoms with Crippen LogP contribution in [0.1, 0.15) is 0 Å². The van der Waals surface area contributed by atoms with Gasteiger partial charge in [0.1, 0.15) is 11.2 Å². The normalized spacial score (nSPS) is 11.8. The average Bonchev–Trinajstić information content (AvgIpc) is 3.66. The Hall–Kier alpha value is -6.66. The van der Waals surface area contributed by atoms with Crippen molar-refractivity contribution in [1.82, 2.24) is 29.1 Å². The van der Waals surface area contributed by atoms with Crippen LogP contribution in [0.4, 0.5) is 0 Å². The van der Waals surface area contributed by atoms with Crippen LogP contribution in [-0.4, -0.2) is 29.1 Å². The van der Waals surface area contributed by atoms with Crippen molar-refractivity contribution in [2.45, 2.75) is 0 Å². The smallest absolute Gasteiger partial charge is 0.237 e. The lowest BCUT2D eigenvalue weighted by molar-refractivity contribution is 0.999. The molecule has 6 nitrogen and oxygen atoms in total. The summed E-state index contributed by atoms with van der Waals surface area (Å²) in [7, 11) is 0. The van der Waals surface area contributed by atoms with E-state index in [4.69, 9.17) is 19.9 Å². The van der Waals surface area contributed by atoms with Crippen LogP contribution in [0, 0.1) is 0 Å². The Morgan fingerprint density at radius 1 is 0.417 bits per heavy atom. The molecule has 0 amide bonds. The third-order valence-electron chi connectivity index (χ3n) is 9.19. The maximum atomic E-state index is 5.26. The molecule has 10 aromatic rings. The van der Waals surface area contributed by atoms with E-state index in [0.717, 1.165) is 55.5 Å². The van der Waals surface area contributed by atoms with Crippen molar-refractivity contribution in [2.24, 2.45) is 0 Å². The summed E-state index contributed by atoms with van der Waals surface area (Å²) in [6, 6.07) is 52.6. The molecule has 0 aliphatic heterocycles. The molecule has 0 saturated carbocycles. The lowest BCUT2D eigenvalue weighted by atomic mass is 10.1. The van der Waals surface area contributed by atoms with Gasteiger partial charge in [-0.25, -0.2) is 15.0 Å². The Labute approximate surface area is 275 Å². The van der Waals surface area contributed by atoms with Crippen LogP contribution in [0.15, 0.2) is 158 Å². The summed E-state index contributed by atoms with van der Waals surface area (Å²) in [5.41, 5.74) is 10.1. The van der Waals surface area contributed by atoms with Gasteiger partial charge < -0.3 is 4.57 Å². The summed E-state index contributed by atoms with van der Waals surface area (Å²) in [5.74, 6) is 0.550. The minimum Gasteiger partial charge on any atom is -0.309 e. The summed E-state index contributed by atoms with van der Waals surface area (Å²) < 4.78 is 4.53.